The van der Waals surface area contributed by atoms with Gasteiger partial charge in [-0.05, 0) is 35.9 Å². The predicted molar refractivity (Wildman–Crippen MR) is 103 cm³/mol. The van der Waals surface area contributed by atoms with Crippen molar-refractivity contribution in [2.45, 2.75) is 0 Å². The minimum absolute atomic E-state index is 0.0924. The molecule has 4 rings (SSSR count). The quantitative estimate of drug-likeness (QED) is 0.550. The van der Waals surface area contributed by atoms with Crippen LogP contribution in [0, 0.1) is 11.6 Å². The third-order valence-electron chi connectivity index (χ3n) is 4.03. The number of fused-ring (bicyclic) bond motifs is 1. The Morgan fingerprint density at radius 3 is 2.57 bits per heavy atom. The lowest BCUT2D eigenvalue weighted by Crippen LogP contribution is -2.22. The Labute approximate surface area is 165 Å². The van der Waals surface area contributed by atoms with Crippen LogP contribution in [-0.4, -0.2) is 21.6 Å². The fourth-order valence-electron chi connectivity index (χ4n) is 2.76. The minimum Gasteiger partial charge on any atom is -0.503 e. The molecule has 0 radical (unpaired) electrons. The number of phenolic OH excluding ortho intramolecular Hbond substituents is 1. The van der Waals surface area contributed by atoms with E-state index >= 15 is 0 Å². The Morgan fingerprint density at radius 2 is 1.93 bits per heavy atom. The Balaban J connectivity index is 1.82. The number of nitrogens with zero attached hydrogens (tertiary/aromatic N) is 2. The van der Waals surface area contributed by atoms with Gasteiger partial charge in [-0.3, -0.25) is 9.20 Å². The second kappa shape index (κ2) is 6.88. The first-order valence-electron chi connectivity index (χ1n) is 7.92. The molecule has 0 unspecified atom stereocenters. The molecule has 0 amide bonds. The van der Waals surface area contributed by atoms with Gasteiger partial charge in [0.2, 0.25) is 0 Å². The highest BCUT2D eigenvalue weighted by Crippen LogP contribution is 2.35. The zero-order valence-corrected chi connectivity index (χ0v) is 15.8. The van der Waals surface area contributed by atoms with Crippen molar-refractivity contribution in [1.29, 1.82) is 0 Å². The van der Waals surface area contributed by atoms with E-state index in [1.807, 2.05) is 0 Å². The fourth-order valence-corrected chi connectivity index (χ4v) is 3.93. The number of thiazole rings is 1. The molecule has 0 spiro atoms. The summed E-state index contributed by atoms with van der Waals surface area (Å²) in [5.41, 5.74) is 0.767. The second-order valence-corrected chi connectivity index (χ2v) is 7.32. The van der Waals surface area contributed by atoms with Gasteiger partial charge in [0.1, 0.15) is 11.6 Å². The van der Waals surface area contributed by atoms with Gasteiger partial charge in [0, 0.05) is 17.8 Å². The average molecular weight is 421 g/mol. The molecule has 2 aromatic carbocycles. The number of methoxy groups -OCH3 is 1. The van der Waals surface area contributed by atoms with Crippen LogP contribution in [0.25, 0.3) is 22.3 Å². The van der Waals surface area contributed by atoms with Crippen molar-refractivity contribution in [1.82, 2.24) is 9.38 Å². The standard InChI is InChI=1S/C19H11ClF2N2O3S/c1-27-15-3-9(2-13(20)17(15)25)4-16-18(26)24-8-14(23-19(24)28-16)10-5-11(21)7-12(22)6-10/h2-8,25H,1H3/b16-4-. The summed E-state index contributed by atoms with van der Waals surface area (Å²) in [5.74, 6) is -1.44. The zero-order chi connectivity index (χ0) is 20.0. The monoisotopic (exact) mass is 420 g/mol. The highest BCUT2D eigenvalue weighted by molar-refractivity contribution is 7.15. The van der Waals surface area contributed by atoms with Gasteiger partial charge in [0.25, 0.3) is 5.56 Å². The molecule has 1 N–H and O–H groups in total. The van der Waals surface area contributed by atoms with Gasteiger partial charge in [-0.1, -0.05) is 22.9 Å². The van der Waals surface area contributed by atoms with Crippen LogP contribution >= 0.6 is 22.9 Å². The van der Waals surface area contributed by atoms with E-state index in [0.29, 0.717) is 20.8 Å². The third-order valence-corrected chi connectivity index (χ3v) is 5.30. The number of phenols is 1. The molecule has 4 aromatic rings. The van der Waals surface area contributed by atoms with Crippen LogP contribution in [0.2, 0.25) is 5.02 Å². The molecule has 28 heavy (non-hydrogen) atoms. The van der Waals surface area contributed by atoms with Crippen LogP contribution in [0.3, 0.4) is 0 Å². The molecule has 142 valence electrons. The van der Waals surface area contributed by atoms with Crippen LogP contribution in [0.15, 0.2) is 41.3 Å². The summed E-state index contributed by atoms with van der Waals surface area (Å²) in [6.07, 6.45) is 3.03. The molecule has 0 aliphatic heterocycles. The molecule has 0 aliphatic carbocycles. The third kappa shape index (κ3) is 3.21. The van der Waals surface area contributed by atoms with Gasteiger partial charge in [0.15, 0.2) is 16.5 Å². The van der Waals surface area contributed by atoms with E-state index in [1.165, 1.54) is 23.8 Å². The lowest BCUT2D eigenvalue weighted by molar-refractivity contribution is 0.373. The van der Waals surface area contributed by atoms with Crippen LogP contribution < -0.4 is 14.8 Å². The predicted octanol–water partition coefficient (Wildman–Crippen LogP) is 3.62. The summed E-state index contributed by atoms with van der Waals surface area (Å²) in [6, 6.07) is 6.12. The summed E-state index contributed by atoms with van der Waals surface area (Å²) in [4.78, 5) is 17.3. The number of imidazole rings is 1. The number of benzene rings is 2. The zero-order valence-electron chi connectivity index (χ0n) is 14.2. The first kappa shape index (κ1) is 18.4. The molecule has 0 fully saturated rings. The summed E-state index contributed by atoms with van der Waals surface area (Å²) in [5, 5.41) is 9.90. The lowest BCUT2D eigenvalue weighted by atomic mass is 10.1. The van der Waals surface area contributed by atoms with Crippen LogP contribution in [0.1, 0.15) is 5.56 Å². The molecule has 0 atom stereocenters. The largest absolute Gasteiger partial charge is 0.503 e. The summed E-state index contributed by atoms with van der Waals surface area (Å²) in [7, 11) is 1.39. The second-order valence-electron chi connectivity index (χ2n) is 5.91. The molecule has 0 saturated heterocycles. The molecular formula is C19H11ClF2N2O3S. The molecular weight excluding hydrogens is 410 g/mol. The van der Waals surface area contributed by atoms with Gasteiger partial charge in [0.05, 0.1) is 22.4 Å². The molecule has 9 heteroatoms. The number of hydrogen-bond acceptors (Lipinski definition) is 5. The van der Waals surface area contributed by atoms with E-state index < -0.39 is 11.6 Å². The minimum atomic E-state index is -0.721. The smallest absolute Gasteiger partial charge is 0.274 e. The average Bonchev–Trinajstić information content (AvgIpc) is 3.17. The number of hydrogen-bond donors (Lipinski definition) is 1. The molecule has 2 aromatic heterocycles. The molecule has 0 aliphatic rings. The lowest BCUT2D eigenvalue weighted by Gasteiger charge is -2.05. The van der Waals surface area contributed by atoms with Crippen LogP contribution in [0.5, 0.6) is 11.5 Å². The number of halogens is 3. The SMILES string of the molecule is COc1cc(/C=c2\sc3nc(-c4cc(F)cc(F)c4)cn3c2=O)cc(Cl)c1O. The summed E-state index contributed by atoms with van der Waals surface area (Å²) >= 11 is 7.09. The molecule has 5 nitrogen and oxygen atoms in total. The molecule has 0 saturated carbocycles. The van der Waals surface area contributed by atoms with Gasteiger partial charge in [-0.2, -0.15) is 0 Å². The Hall–Kier alpha value is -2.97. The number of aromatic hydroxyl groups is 1. The van der Waals surface area contributed by atoms with Crippen molar-refractivity contribution in [3.63, 3.8) is 0 Å². The fraction of sp³-hybridized carbons (Fsp3) is 0.0526. The maximum Gasteiger partial charge on any atom is 0.274 e. The highest BCUT2D eigenvalue weighted by atomic mass is 35.5. The number of ether oxygens (including phenoxy) is 1. The van der Waals surface area contributed by atoms with Crippen LogP contribution in [-0.2, 0) is 0 Å². The van der Waals surface area contributed by atoms with Crippen molar-refractivity contribution >= 4 is 34.0 Å². The van der Waals surface area contributed by atoms with Crippen molar-refractivity contribution in [2.24, 2.45) is 0 Å². The summed E-state index contributed by atoms with van der Waals surface area (Å²) in [6.45, 7) is 0. The van der Waals surface area contributed by atoms with Gasteiger partial charge >= 0.3 is 0 Å². The Morgan fingerprint density at radius 1 is 1.21 bits per heavy atom. The van der Waals surface area contributed by atoms with E-state index in [9.17, 15) is 18.7 Å². The van der Waals surface area contributed by atoms with E-state index in [1.54, 1.807) is 12.1 Å². The van der Waals surface area contributed by atoms with Crippen molar-refractivity contribution in [3.05, 3.63) is 73.6 Å². The Kier molecular flexibility index (Phi) is 4.52. The van der Waals surface area contributed by atoms with E-state index in [2.05, 4.69) is 4.98 Å². The Bertz CT molecular complexity index is 1310. The topological polar surface area (TPSA) is 63.8 Å². The van der Waals surface area contributed by atoms with Crippen LogP contribution in [0.4, 0.5) is 8.78 Å². The maximum atomic E-state index is 13.4. The first-order valence-corrected chi connectivity index (χ1v) is 9.12. The van der Waals surface area contributed by atoms with E-state index in [0.717, 1.165) is 29.5 Å². The maximum absolute atomic E-state index is 13.4. The van der Waals surface area contributed by atoms with Gasteiger partial charge in [-0.25, -0.2) is 13.8 Å². The van der Waals surface area contributed by atoms with Gasteiger partial charge < -0.3 is 9.84 Å². The van der Waals surface area contributed by atoms with Gasteiger partial charge in [-0.15, -0.1) is 0 Å². The molecule has 2 heterocycles. The number of aromatic nitrogens is 2. The van der Waals surface area contributed by atoms with Crippen molar-refractivity contribution in [2.75, 3.05) is 7.11 Å². The highest BCUT2D eigenvalue weighted by Gasteiger charge is 2.13. The first-order chi connectivity index (χ1) is 13.4. The van der Waals surface area contributed by atoms with E-state index in [-0.39, 0.29) is 27.6 Å². The summed E-state index contributed by atoms with van der Waals surface area (Å²) < 4.78 is 33.6. The normalized spacial score (nSPS) is 12.1. The van der Waals surface area contributed by atoms with Crippen molar-refractivity contribution in [3.8, 4) is 22.8 Å². The number of rotatable bonds is 3. The molecule has 0 bridgehead atoms. The van der Waals surface area contributed by atoms with Crippen molar-refractivity contribution < 1.29 is 18.6 Å². The van der Waals surface area contributed by atoms with E-state index in [4.69, 9.17) is 16.3 Å².